The van der Waals surface area contributed by atoms with Crippen LogP contribution in [-0.2, 0) is 15.3 Å². The van der Waals surface area contributed by atoms with Crippen molar-refractivity contribution in [3.8, 4) is 0 Å². The van der Waals surface area contributed by atoms with E-state index in [9.17, 15) is 9.59 Å². The van der Waals surface area contributed by atoms with E-state index in [1.807, 2.05) is 24.3 Å². The van der Waals surface area contributed by atoms with Gasteiger partial charge >= 0.3 is 0 Å². The second kappa shape index (κ2) is 8.03. The Bertz CT molecular complexity index is 534. The van der Waals surface area contributed by atoms with Gasteiger partial charge in [-0.25, -0.2) is 0 Å². The van der Waals surface area contributed by atoms with Gasteiger partial charge in [0.2, 0.25) is 11.8 Å². The molecule has 0 radical (unpaired) electrons. The molecule has 22 heavy (non-hydrogen) atoms. The predicted molar refractivity (Wildman–Crippen MR) is 91.8 cm³/mol. The number of carbonyl (C=O) groups excluding carboxylic acids is 2. The van der Waals surface area contributed by atoms with Gasteiger partial charge < -0.3 is 10.2 Å². The molecule has 1 fully saturated rings. The third-order valence-corrected chi connectivity index (χ3v) is 4.51. The first-order valence-corrected chi connectivity index (χ1v) is 8.83. The van der Waals surface area contributed by atoms with Crippen molar-refractivity contribution in [1.82, 2.24) is 4.90 Å². The minimum absolute atomic E-state index is 0.0280. The highest BCUT2D eigenvalue weighted by Gasteiger charge is 2.26. The molecule has 0 unspecified atom stereocenters. The Morgan fingerprint density at radius 2 is 1.95 bits per heavy atom. The van der Waals surface area contributed by atoms with E-state index >= 15 is 0 Å². The zero-order valence-electron chi connectivity index (χ0n) is 12.9. The molecule has 1 N–H and O–H groups in total. The van der Waals surface area contributed by atoms with Crippen LogP contribution >= 0.6 is 11.8 Å². The third-order valence-electron chi connectivity index (χ3n) is 3.88. The maximum atomic E-state index is 12.3. The average Bonchev–Trinajstić information content (AvgIpc) is 2.56. The number of amides is 2. The van der Waals surface area contributed by atoms with Crippen LogP contribution in [0.25, 0.3) is 0 Å². The minimum atomic E-state index is -0.0526. The normalized spacial score (nSPS) is 15.4. The van der Waals surface area contributed by atoms with Gasteiger partial charge in [-0.15, -0.1) is 0 Å². The van der Waals surface area contributed by atoms with Gasteiger partial charge in [-0.3, -0.25) is 9.59 Å². The number of piperidine rings is 1. The molecule has 0 atom stereocenters. The molecule has 1 heterocycles. The molecule has 1 aliphatic heterocycles. The Kier molecular flexibility index (Phi) is 6.07. The molecule has 5 heteroatoms. The summed E-state index contributed by atoms with van der Waals surface area (Å²) in [7, 11) is 0. The van der Waals surface area contributed by atoms with E-state index in [2.05, 4.69) is 18.2 Å². The molecule has 0 spiro atoms. The number of rotatable bonds is 5. The number of hydrogen-bond donors (Lipinski definition) is 1. The fraction of sp³-hybridized carbons (Fsp3) is 0.412. The number of thioether (sulfide) groups is 1. The summed E-state index contributed by atoms with van der Waals surface area (Å²) in [5, 5.41) is 2.97. The quantitative estimate of drug-likeness (QED) is 0.849. The maximum absolute atomic E-state index is 12.3. The van der Waals surface area contributed by atoms with Crippen LogP contribution in [0.2, 0.25) is 0 Å². The fourth-order valence-electron chi connectivity index (χ4n) is 2.59. The van der Waals surface area contributed by atoms with Crippen molar-refractivity contribution in [3.05, 3.63) is 42.5 Å². The first-order chi connectivity index (χ1) is 10.6. The van der Waals surface area contributed by atoms with Gasteiger partial charge in [0.25, 0.3) is 0 Å². The van der Waals surface area contributed by atoms with Crippen molar-refractivity contribution in [1.29, 1.82) is 0 Å². The van der Waals surface area contributed by atoms with Crippen LogP contribution in [-0.4, -0.2) is 36.1 Å². The summed E-state index contributed by atoms with van der Waals surface area (Å²) in [4.78, 5) is 25.6. The molecular formula is C17H22N2O2S. The molecule has 1 aliphatic rings. The van der Waals surface area contributed by atoms with E-state index in [4.69, 9.17) is 0 Å². The molecule has 1 aromatic carbocycles. The molecule has 0 aromatic heterocycles. The average molecular weight is 318 g/mol. The monoisotopic (exact) mass is 318 g/mol. The SMILES string of the molecule is C=CC(=O)N1CCC(C(=O)Nc2ccc(CSC)cc2)CC1. The van der Waals surface area contributed by atoms with Gasteiger partial charge in [-0.05, 0) is 42.9 Å². The van der Waals surface area contributed by atoms with Crippen LogP contribution in [0.4, 0.5) is 5.69 Å². The van der Waals surface area contributed by atoms with Crippen molar-refractivity contribution in [2.45, 2.75) is 18.6 Å². The van der Waals surface area contributed by atoms with E-state index in [-0.39, 0.29) is 17.7 Å². The van der Waals surface area contributed by atoms with Crippen LogP contribution in [0.1, 0.15) is 18.4 Å². The fourth-order valence-corrected chi connectivity index (χ4v) is 3.11. The number of anilines is 1. The van der Waals surface area contributed by atoms with Gasteiger partial charge in [0.15, 0.2) is 0 Å². The summed E-state index contributed by atoms with van der Waals surface area (Å²) in [6, 6.07) is 7.97. The molecule has 4 nitrogen and oxygen atoms in total. The van der Waals surface area contributed by atoms with Gasteiger partial charge in [0.1, 0.15) is 0 Å². The minimum Gasteiger partial charge on any atom is -0.339 e. The molecule has 0 saturated carbocycles. The highest BCUT2D eigenvalue weighted by molar-refractivity contribution is 7.97. The van der Waals surface area contributed by atoms with Crippen molar-refractivity contribution in [2.75, 3.05) is 24.7 Å². The number of nitrogens with one attached hydrogen (secondary N) is 1. The Labute approximate surface area is 136 Å². The van der Waals surface area contributed by atoms with Gasteiger partial charge in [-0.2, -0.15) is 11.8 Å². The molecule has 118 valence electrons. The predicted octanol–water partition coefficient (Wildman–Crippen LogP) is 2.91. The number of benzene rings is 1. The Morgan fingerprint density at radius 3 is 2.50 bits per heavy atom. The standard InChI is InChI=1S/C17H22N2O2S/c1-3-16(20)19-10-8-14(9-11-19)17(21)18-15-6-4-13(5-7-15)12-22-2/h3-7,14H,1,8-12H2,2H3,(H,18,21). The Balaban J connectivity index is 1.85. The first kappa shape index (κ1) is 16.6. The van der Waals surface area contributed by atoms with Crippen molar-refractivity contribution >= 4 is 29.3 Å². The summed E-state index contributed by atoms with van der Waals surface area (Å²) < 4.78 is 0. The lowest BCUT2D eigenvalue weighted by molar-refractivity contribution is -0.130. The lowest BCUT2D eigenvalue weighted by atomic mass is 9.95. The van der Waals surface area contributed by atoms with Crippen LogP contribution in [0.3, 0.4) is 0 Å². The number of likely N-dealkylation sites (tertiary alicyclic amines) is 1. The van der Waals surface area contributed by atoms with E-state index in [1.165, 1.54) is 11.6 Å². The van der Waals surface area contributed by atoms with Crippen LogP contribution in [0, 0.1) is 5.92 Å². The maximum Gasteiger partial charge on any atom is 0.245 e. The number of hydrogen-bond acceptors (Lipinski definition) is 3. The van der Waals surface area contributed by atoms with Crippen LogP contribution in [0.15, 0.2) is 36.9 Å². The molecular weight excluding hydrogens is 296 g/mol. The van der Waals surface area contributed by atoms with Crippen molar-refractivity contribution in [3.63, 3.8) is 0 Å². The van der Waals surface area contributed by atoms with E-state index in [1.54, 1.807) is 16.7 Å². The second-order valence-electron chi connectivity index (χ2n) is 5.42. The smallest absolute Gasteiger partial charge is 0.245 e. The number of carbonyl (C=O) groups is 2. The Morgan fingerprint density at radius 1 is 1.32 bits per heavy atom. The molecule has 2 amide bonds. The highest BCUT2D eigenvalue weighted by Crippen LogP contribution is 2.20. The third kappa shape index (κ3) is 4.37. The van der Waals surface area contributed by atoms with Crippen LogP contribution in [0.5, 0.6) is 0 Å². The molecule has 0 aliphatic carbocycles. The van der Waals surface area contributed by atoms with E-state index in [0.29, 0.717) is 25.9 Å². The van der Waals surface area contributed by atoms with Crippen molar-refractivity contribution < 1.29 is 9.59 Å². The van der Waals surface area contributed by atoms with E-state index < -0.39 is 0 Å². The summed E-state index contributed by atoms with van der Waals surface area (Å²) in [6.07, 6.45) is 4.81. The van der Waals surface area contributed by atoms with Crippen molar-refractivity contribution in [2.24, 2.45) is 5.92 Å². The van der Waals surface area contributed by atoms with Gasteiger partial charge in [0.05, 0.1) is 0 Å². The zero-order chi connectivity index (χ0) is 15.9. The lowest BCUT2D eigenvalue weighted by Crippen LogP contribution is -2.40. The lowest BCUT2D eigenvalue weighted by Gasteiger charge is -2.30. The summed E-state index contributed by atoms with van der Waals surface area (Å²) >= 11 is 1.77. The topological polar surface area (TPSA) is 49.4 Å². The first-order valence-electron chi connectivity index (χ1n) is 7.44. The van der Waals surface area contributed by atoms with Gasteiger partial charge in [0, 0.05) is 30.4 Å². The largest absolute Gasteiger partial charge is 0.339 e. The number of nitrogens with zero attached hydrogens (tertiary/aromatic N) is 1. The highest BCUT2D eigenvalue weighted by atomic mass is 32.2. The molecule has 0 bridgehead atoms. The zero-order valence-corrected chi connectivity index (χ0v) is 13.7. The molecule has 1 aromatic rings. The Hall–Kier alpha value is -1.75. The summed E-state index contributed by atoms with van der Waals surface area (Å²) in [5.74, 6) is 0.940. The molecule has 1 saturated heterocycles. The summed E-state index contributed by atoms with van der Waals surface area (Å²) in [5.41, 5.74) is 2.08. The second-order valence-corrected chi connectivity index (χ2v) is 6.29. The van der Waals surface area contributed by atoms with E-state index in [0.717, 1.165) is 11.4 Å². The summed E-state index contributed by atoms with van der Waals surface area (Å²) in [6.45, 7) is 4.74. The van der Waals surface area contributed by atoms with Gasteiger partial charge in [-0.1, -0.05) is 18.7 Å². The molecule has 2 rings (SSSR count). The van der Waals surface area contributed by atoms with Crippen LogP contribution < -0.4 is 5.32 Å².